The Morgan fingerprint density at radius 2 is 1.85 bits per heavy atom. The molecule has 1 heterocycles. The molecule has 0 aromatic heterocycles. The first-order chi connectivity index (χ1) is 9.79. The first-order valence-electron chi connectivity index (χ1n) is 6.37. The van der Waals surface area contributed by atoms with Crippen LogP contribution >= 0.6 is 0 Å². The zero-order valence-corrected chi connectivity index (χ0v) is 10.7. The van der Waals surface area contributed by atoms with E-state index in [2.05, 4.69) is 5.16 Å². The van der Waals surface area contributed by atoms with Gasteiger partial charge in [-0.3, -0.25) is 4.79 Å². The predicted molar refractivity (Wildman–Crippen MR) is 75.5 cm³/mol. The van der Waals surface area contributed by atoms with Gasteiger partial charge in [0.15, 0.2) is 0 Å². The van der Waals surface area contributed by atoms with Gasteiger partial charge in [0.25, 0.3) is 0 Å². The van der Waals surface area contributed by atoms with Crippen LogP contribution in [0, 0.1) is 0 Å². The Kier molecular flexibility index (Phi) is 3.21. The van der Waals surface area contributed by atoms with Crippen molar-refractivity contribution in [2.24, 2.45) is 5.16 Å². The van der Waals surface area contributed by atoms with E-state index in [9.17, 15) is 4.79 Å². The molecule has 0 saturated heterocycles. The van der Waals surface area contributed by atoms with Crippen LogP contribution in [0.5, 0.6) is 5.75 Å². The van der Waals surface area contributed by atoms with Crippen molar-refractivity contribution >= 4 is 11.5 Å². The lowest BCUT2D eigenvalue weighted by Crippen LogP contribution is -2.13. The summed E-state index contributed by atoms with van der Waals surface area (Å²) in [5.41, 5.74) is 2.53. The van der Waals surface area contributed by atoms with Gasteiger partial charge in [0.1, 0.15) is 11.5 Å². The van der Waals surface area contributed by atoms with E-state index >= 15 is 0 Å². The molecule has 0 amide bonds. The van der Waals surface area contributed by atoms with E-state index in [-0.39, 0.29) is 11.5 Å². The van der Waals surface area contributed by atoms with Crippen LogP contribution in [-0.4, -0.2) is 23.3 Å². The number of ether oxygens (including phenoxy) is 1. The van der Waals surface area contributed by atoms with Gasteiger partial charge in [0.2, 0.25) is 5.78 Å². The van der Waals surface area contributed by atoms with Gasteiger partial charge in [0, 0.05) is 6.42 Å². The van der Waals surface area contributed by atoms with Gasteiger partial charge >= 0.3 is 0 Å². The topological polar surface area (TPSA) is 58.9 Å². The van der Waals surface area contributed by atoms with E-state index in [4.69, 9.17) is 9.94 Å². The van der Waals surface area contributed by atoms with Crippen molar-refractivity contribution in [3.05, 3.63) is 54.1 Å². The zero-order chi connectivity index (χ0) is 13.9. The Bertz CT molecular complexity index is 677. The third-order valence-electron chi connectivity index (χ3n) is 3.31. The molecule has 1 aliphatic rings. The summed E-state index contributed by atoms with van der Waals surface area (Å²) in [5, 5.41) is 12.0. The summed E-state index contributed by atoms with van der Waals surface area (Å²) in [6, 6.07) is 15.3. The quantitative estimate of drug-likeness (QED) is 0.637. The number of hydrogen-bond donors (Lipinski definition) is 1. The van der Waals surface area contributed by atoms with Crippen molar-refractivity contribution < 1.29 is 14.7 Å². The standard InChI is InChI=1S/C16H13NO3/c18-16-13-10-12(11-4-2-1-3-5-11)6-7-15(13)20-9-8-14(16)17-19/h1-7,10,19H,8-9H2/b17-14-. The normalized spacial score (nSPS) is 16.4. The van der Waals surface area contributed by atoms with Crippen LogP contribution < -0.4 is 4.74 Å². The summed E-state index contributed by atoms with van der Waals surface area (Å²) in [4.78, 5) is 12.3. The van der Waals surface area contributed by atoms with E-state index in [1.807, 2.05) is 36.4 Å². The number of ketones is 1. The molecule has 0 bridgehead atoms. The Morgan fingerprint density at radius 3 is 2.60 bits per heavy atom. The smallest absolute Gasteiger partial charge is 0.214 e. The van der Waals surface area contributed by atoms with Gasteiger partial charge in [-0.2, -0.15) is 0 Å². The Balaban J connectivity index is 2.10. The highest BCUT2D eigenvalue weighted by molar-refractivity contribution is 6.46. The predicted octanol–water partition coefficient (Wildman–Crippen LogP) is 3.15. The lowest BCUT2D eigenvalue weighted by atomic mass is 9.98. The average molecular weight is 267 g/mol. The van der Waals surface area contributed by atoms with Gasteiger partial charge in [-0.25, -0.2) is 0 Å². The summed E-state index contributed by atoms with van der Waals surface area (Å²) < 4.78 is 5.53. The number of carbonyl (C=O) groups is 1. The second kappa shape index (κ2) is 5.17. The molecule has 20 heavy (non-hydrogen) atoms. The molecule has 100 valence electrons. The molecule has 2 aromatic rings. The van der Waals surface area contributed by atoms with Crippen LogP contribution in [0.4, 0.5) is 0 Å². The average Bonchev–Trinajstić information content (AvgIpc) is 2.67. The van der Waals surface area contributed by atoms with E-state index < -0.39 is 0 Å². The number of nitrogens with zero attached hydrogens (tertiary/aromatic N) is 1. The summed E-state index contributed by atoms with van der Waals surface area (Å²) in [7, 11) is 0. The lowest BCUT2D eigenvalue weighted by molar-refractivity contribution is 0.106. The number of fused-ring (bicyclic) bond motifs is 1. The molecule has 0 radical (unpaired) electrons. The number of benzene rings is 2. The molecular formula is C16H13NO3. The minimum atomic E-state index is -0.280. The highest BCUT2D eigenvalue weighted by Crippen LogP contribution is 2.29. The number of Topliss-reactive ketones (excluding diaryl/α,β-unsaturated/α-hetero) is 1. The van der Waals surface area contributed by atoms with Crippen LogP contribution in [-0.2, 0) is 0 Å². The Morgan fingerprint density at radius 1 is 1.05 bits per heavy atom. The van der Waals surface area contributed by atoms with Crippen molar-refractivity contribution in [3.8, 4) is 16.9 Å². The summed E-state index contributed by atoms with van der Waals surface area (Å²) in [5.74, 6) is 0.256. The van der Waals surface area contributed by atoms with Crippen molar-refractivity contribution in [1.82, 2.24) is 0 Å². The number of oxime groups is 1. The second-order valence-corrected chi connectivity index (χ2v) is 4.55. The van der Waals surface area contributed by atoms with E-state index in [0.717, 1.165) is 11.1 Å². The minimum Gasteiger partial charge on any atom is -0.492 e. The van der Waals surface area contributed by atoms with Crippen molar-refractivity contribution in [2.45, 2.75) is 6.42 Å². The van der Waals surface area contributed by atoms with Crippen LogP contribution in [0.1, 0.15) is 16.8 Å². The van der Waals surface area contributed by atoms with E-state index in [0.29, 0.717) is 24.3 Å². The van der Waals surface area contributed by atoms with Gasteiger partial charge < -0.3 is 9.94 Å². The van der Waals surface area contributed by atoms with Gasteiger partial charge in [-0.05, 0) is 23.3 Å². The molecule has 0 saturated carbocycles. The van der Waals surface area contributed by atoms with E-state index in [1.54, 1.807) is 12.1 Å². The highest BCUT2D eigenvalue weighted by atomic mass is 16.5. The number of rotatable bonds is 1. The molecule has 0 unspecified atom stereocenters. The third kappa shape index (κ3) is 2.16. The molecule has 1 aliphatic heterocycles. The molecule has 2 aromatic carbocycles. The monoisotopic (exact) mass is 267 g/mol. The number of hydrogen-bond acceptors (Lipinski definition) is 4. The molecule has 4 heteroatoms. The first kappa shape index (κ1) is 12.4. The lowest BCUT2D eigenvalue weighted by Gasteiger charge is -2.08. The maximum absolute atomic E-state index is 12.3. The first-order valence-corrected chi connectivity index (χ1v) is 6.37. The van der Waals surface area contributed by atoms with Gasteiger partial charge in [0.05, 0.1) is 12.2 Å². The second-order valence-electron chi connectivity index (χ2n) is 4.55. The number of carbonyl (C=O) groups excluding carboxylic acids is 1. The summed E-state index contributed by atoms with van der Waals surface area (Å²) in [6.45, 7) is 0.336. The van der Waals surface area contributed by atoms with Crippen LogP contribution in [0.2, 0.25) is 0 Å². The molecule has 1 N–H and O–H groups in total. The fourth-order valence-electron chi connectivity index (χ4n) is 2.27. The van der Waals surface area contributed by atoms with Crippen molar-refractivity contribution in [3.63, 3.8) is 0 Å². The van der Waals surface area contributed by atoms with Gasteiger partial charge in [-0.1, -0.05) is 41.6 Å². The fraction of sp³-hybridized carbons (Fsp3) is 0.125. The molecule has 0 aliphatic carbocycles. The Hall–Kier alpha value is -2.62. The summed E-state index contributed by atoms with van der Waals surface area (Å²) >= 11 is 0. The maximum Gasteiger partial charge on any atom is 0.214 e. The van der Waals surface area contributed by atoms with Crippen LogP contribution in [0.25, 0.3) is 11.1 Å². The highest BCUT2D eigenvalue weighted by Gasteiger charge is 2.23. The minimum absolute atomic E-state index is 0.133. The van der Waals surface area contributed by atoms with E-state index in [1.165, 1.54) is 0 Å². The van der Waals surface area contributed by atoms with Crippen molar-refractivity contribution in [2.75, 3.05) is 6.61 Å². The van der Waals surface area contributed by atoms with Gasteiger partial charge in [-0.15, -0.1) is 0 Å². The largest absolute Gasteiger partial charge is 0.492 e. The third-order valence-corrected chi connectivity index (χ3v) is 3.31. The van der Waals surface area contributed by atoms with Crippen LogP contribution in [0.15, 0.2) is 53.7 Å². The summed E-state index contributed by atoms with van der Waals surface area (Å²) in [6.07, 6.45) is 0.310. The zero-order valence-electron chi connectivity index (χ0n) is 10.7. The molecule has 0 fully saturated rings. The molecular weight excluding hydrogens is 254 g/mol. The molecule has 4 nitrogen and oxygen atoms in total. The maximum atomic E-state index is 12.3. The van der Waals surface area contributed by atoms with Crippen molar-refractivity contribution in [1.29, 1.82) is 0 Å². The molecule has 0 spiro atoms. The fourth-order valence-corrected chi connectivity index (χ4v) is 2.27. The Labute approximate surface area is 116 Å². The van der Waals surface area contributed by atoms with Crippen LogP contribution in [0.3, 0.4) is 0 Å². The molecule has 0 atom stereocenters. The molecule has 3 rings (SSSR count). The SMILES string of the molecule is O=C1/C(=N\O)CCOc2ccc(-c3ccccc3)cc21.